The Morgan fingerprint density at radius 3 is 2.60 bits per heavy atom. The van der Waals surface area contributed by atoms with Crippen LogP contribution in [0.5, 0.6) is 0 Å². The van der Waals surface area contributed by atoms with Crippen molar-refractivity contribution in [2.24, 2.45) is 5.92 Å². The second kappa shape index (κ2) is 7.78. The summed E-state index contributed by atoms with van der Waals surface area (Å²) in [6.45, 7) is 1.89. The fourth-order valence-electron chi connectivity index (χ4n) is 3.37. The first-order valence-corrected chi connectivity index (χ1v) is 9.08. The molecule has 1 aromatic rings. The lowest BCUT2D eigenvalue weighted by atomic mass is 10.1. The predicted octanol–water partition coefficient (Wildman–Crippen LogP) is 2.21. The molecule has 5 nitrogen and oxygen atoms in total. The van der Waals surface area contributed by atoms with Crippen LogP contribution in [0.3, 0.4) is 0 Å². The second-order valence-electron chi connectivity index (χ2n) is 6.40. The van der Waals surface area contributed by atoms with Gasteiger partial charge in [-0.25, -0.2) is 8.78 Å². The van der Waals surface area contributed by atoms with Crippen molar-refractivity contribution >= 4 is 33.4 Å². The van der Waals surface area contributed by atoms with Crippen molar-refractivity contribution in [3.63, 3.8) is 0 Å². The number of alkyl halides is 2. The SMILES string of the molecule is O=C(C1CC(=O)N(c2cccc(Br)c2)C1)N1CCN(CC(F)F)CC1. The zero-order valence-electron chi connectivity index (χ0n) is 13.7. The van der Waals surface area contributed by atoms with E-state index < -0.39 is 6.43 Å². The smallest absolute Gasteiger partial charge is 0.251 e. The molecule has 25 heavy (non-hydrogen) atoms. The predicted molar refractivity (Wildman–Crippen MR) is 93.6 cm³/mol. The molecule has 2 fully saturated rings. The van der Waals surface area contributed by atoms with Gasteiger partial charge in [0.1, 0.15) is 0 Å². The Labute approximate surface area is 153 Å². The summed E-state index contributed by atoms with van der Waals surface area (Å²) in [5.41, 5.74) is 0.774. The Morgan fingerprint density at radius 1 is 1.24 bits per heavy atom. The van der Waals surface area contributed by atoms with Crippen molar-refractivity contribution in [1.82, 2.24) is 9.80 Å². The van der Waals surface area contributed by atoms with E-state index in [9.17, 15) is 18.4 Å². The van der Waals surface area contributed by atoms with Crippen LogP contribution in [0.2, 0.25) is 0 Å². The molecule has 136 valence electrons. The van der Waals surface area contributed by atoms with E-state index in [1.165, 1.54) is 0 Å². The Balaban J connectivity index is 1.58. The van der Waals surface area contributed by atoms with Gasteiger partial charge in [-0.2, -0.15) is 0 Å². The number of hydrogen-bond donors (Lipinski definition) is 0. The normalized spacial score (nSPS) is 22.1. The molecule has 0 spiro atoms. The first kappa shape index (κ1) is 18.3. The van der Waals surface area contributed by atoms with Crippen LogP contribution < -0.4 is 4.90 Å². The van der Waals surface area contributed by atoms with Gasteiger partial charge in [-0.05, 0) is 18.2 Å². The third-order valence-corrected chi connectivity index (χ3v) is 5.17. The maximum atomic E-state index is 12.7. The van der Waals surface area contributed by atoms with Crippen molar-refractivity contribution in [2.45, 2.75) is 12.8 Å². The topological polar surface area (TPSA) is 43.9 Å². The molecule has 2 saturated heterocycles. The number of anilines is 1. The minimum absolute atomic E-state index is 0.0532. The summed E-state index contributed by atoms with van der Waals surface area (Å²) in [4.78, 5) is 30.0. The number of carbonyl (C=O) groups is 2. The van der Waals surface area contributed by atoms with E-state index in [4.69, 9.17) is 0 Å². The summed E-state index contributed by atoms with van der Waals surface area (Å²) in [6.07, 6.45) is -2.16. The Bertz CT molecular complexity index is 651. The second-order valence-corrected chi connectivity index (χ2v) is 7.32. The lowest BCUT2D eigenvalue weighted by Crippen LogP contribution is -2.51. The van der Waals surface area contributed by atoms with Crippen LogP contribution in [0.15, 0.2) is 28.7 Å². The first-order chi connectivity index (χ1) is 11.9. The third kappa shape index (κ3) is 4.36. The molecular weight excluding hydrogens is 396 g/mol. The number of halogens is 3. The van der Waals surface area contributed by atoms with E-state index in [1.54, 1.807) is 14.7 Å². The van der Waals surface area contributed by atoms with Gasteiger partial charge in [0.2, 0.25) is 11.8 Å². The van der Waals surface area contributed by atoms with Crippen molar-refractivity contribution < 1.29 is 18.4 Å². The summed E-state index contributed by atoms with van der Waals surface area (Å²) in [5, 5.41) is 0. The van der Waals surface area contributed by atoms with Gasteiger partial charge in [-0.1, -0.05) is 22.0 Å². The molecule has 0 bridgehead atoms. The molecule has 0 saturated carbocycles. The highest BCUT2D eigenvalue weighted by molar-refractivity contribution is 9.10. The van der Waals surface area contributed by atoms with E-state index in [2.05, 4.69) is 15.9 Å². The Hall–Kier alpha value is -1.54. The van der Waals surface area contributed by atoms with Crippen LogP contribution in [-0.2, 0) is 9.59 Å². The summed E-state index contributed by atoms with van der Waals surface area (Å²) in [6, 6.07) is 7.43. The highest BCUT2D eigenvalue weighted by Gasteiger charge is 2.38. The molecule has 0 aromatic heterocycles. The van der Waals surface area contributed by atoms with E-state index in [-0.39, 0.29) is 30.7 Å². The van der Waals surface area contributed by atoms with Gasteiger partial charge < -0.3 is 9.80 Å². The van der Waals surface area contributed by atoms with Crippen LogP contribution in [0.25, 0.3) is 0 Å². The lowest BCUT2D eigenvalue weighted by molar-refractivity contribution is -0.137. The molecule has 0 radical (unpaired) electrons. The molecule has 2 amide bonds. The van der Waals surface area contributed by atoms with Gasteiger partial charge in [0.15, 0.2) is 0 Å². The van der Waals surface area contributed by atoms with Gasteiger partial charge in [0, 0.05) is 49.3 Å². The zero-order valence-corrected chi connectivity index (χ0v) is 15.3. The largest absolute Gasteiger partial charge is 0.340 e. The number of nitrogens with zero attached hydrogens (tertiary/aromatic N) is 3. The zero-order chi connectivity index (χ0) is 18.0. The molecule has 0 N–H and O–H groups in total. The first-order valence-electron chi connectivity index (χ1n) is 8.29. The van der Waals surface area contributed by atoms with E-state index in [1.807, 2.05) is 24.3 Å². The molecule has 1 atom stereocenters. The van der Waals surface area contributed by atoms with Crippen molar-refractivity contribution in [3.05, 3.63) is 28.7 Å². The standard InChI is InChI=1S/C17H20BrF2N3O2/c18-13-2-1-3-14(9-13)23-10-12(8-16(23)24)17(25)22-6-4-21(5-7-22)11-15(19)20/h1-3,9,12,15H,4-8,10-11H2. The third-order valence-electron chi connectivity index (χ3n) is 4.67. The molecule has 0 aliphatic carbocycles. The van der Waals surface area contributed by atoms with Crippen LogP contribution in [0.4, 0.5) is 14.5 Å². The van der Waals surface area contributed by atoms with E-state index in [0.717, 1.165) is 10.2 Å². The van der Waals surface area contributed by atoms with E-state index in [0.29, 0.717) is 32.7 Å². The van der Waals surface area contributed by atoms with Crippen molar-refractivity contribution in [1.29, 1.82) is 0 Å². The summed E-state index contributed by atoms with van der Waals surface area (Å²) < 4.78 is 25.7. The molecule has 1 aromatic carbocycles. The van der Waals surface area contributed by atoms with Crippen LogP contribution in [-0.4, -0.2) is 67.3 Å². The van der Waals surface area contributed by atoms with Gasteiger partial charge in [-0.3, -0.25) is 14.5 Å². The number of hydrogen-bond acceptors (Lipinski definition) is 3. The Morgan fingerprint density at radius 2 is 1.96 bits per heavy atom. The molecule has 1 unspecified atom stereocenters. The van der Waals surface area contributed by atoms with Crippen molar-refractivity contribution in [3.8, 4) is 0 Å². The van der Waals surface area contributed by atoms with Crippen molar-refractivity contribution in [2.75, 3.05) is 44.2 Å². The fraction of sp³-hybridized carbons (Fsp3) is 0.529. The number of rotatable bonds is 4. The minimum atomic E-state index is -2.35. The number of amides is 2. The van der Waals surface area contributed by atoms with Gasteiger partial charge in [0.05, 0.1) is 12.5 Å². The highest BCUT2D eigenvalue weighted by Crippen LogP contribution is 2.28. The highest BCUT2D eigenvalue weighted by atomic mass is 79.9. The summed E-state index contributed by atoms with van der Waals surface area (Å²) in [5.74, 6) is -0.483. The number of carbonyl (C=O) groups excluding carboxylic acids is 2. The molecule has 2 heterocycles. The van der Waals surface area contributed by atoms with Crippen LogP contribution in [0, 0.1) is 5.92 Å². The molecule has 2 aliphatic rings. The average Bonchev–Trinajstić information content (AvgIpc) is 2.96. The number of benzene rings is 1. The van der Waals surface area contributed by atoms with Gasteiger partial charge in [-0.15, -0.1) is 0 Å². The van der Waals surface area contributed by atoms with E-state index >= 15 is 0 Å². The number of piperazine rings is 1. The molecular formula is C17H20BrF2N3O2. The fourth-order valence-corrected chi connectivity index (χ4v) is 3.76. The molecule has 3 rings (SSSR count). The lowest BCUT2D eigenvalue weighted by Gasteiger charge is -2.35. The monoisotopic (exact) mass is 415 g/mol. The summed E-state index contributed by atoms with van der Waals surface area (Å²) in [7, 11) is 0. The maximum absolute atomic E-state index is 12.7. The maximum Gasteiger partial charge on any atom is 0.251 e. The molecule has 2 aliphatic heterocycles. The van der Waals surface area contributed by atoms with Crippen LogP contribution >= 0.6 is 15.9 Å². The van der Waals surface area contributed by atoms with Crippen LogP contribution in [0.1, 0.15) is 6.42 Å². The average molecular weight is 416 g/mol. The minimum Gasteiger partial charge on any atom is -0.340 e. The molecule has 8 heteroatoms. The van der Waals surface area contributed by atoms with Gasteiger partial charge in [0.25, 0.3) is 6.43 Å². The van der Waals surface area contributed by atoms with Gasteiger partial charge >= 0.3 is 0 Å². The summed E-state index contributed by atoms with van der Waals surface area (Å²) >= 11 is 3.39. The Kier molecular flexibility index (Phi) is 5.68. The quantitative estimate of drug-likeness (QED) is 0.756.